The van der Waals surface area contributed by atoms with Crippen LogP contribution in [0.3, 0.4) is 0 Å². The second-order valence-electron chi connectivity index (χ2n) is 5.73. The molecule has 0 aliphatic carbocycles. The zero-order valence-corrected chi connectivity index (χ0v) is 12.5. The van der Waals surface area contributed by atoms with E-state index >= 15 is 0 Å². The molecule has 1 heterocycles. The van der Waals surface area contributed by atoms with Gasteiger partial charge in [-0.1, -0.05) is 0 Å². The monoisotopic (exact) mass is 275 g/mol. The van der Waals surface area contributed by atoms with Gasteiger partial charge in [0.25, 0.3) is 0 Å². The standard InChI is InChI=1S/C15H21N3S/c1-15(2,19)12-17-7-9-18(10-8-17)14-5-3-13(11-16)4-6-14/h3-6,19H,7-10,12H2,1-2H3. The Balaban J connectivity index is 1.91. The van der Waals surface area contributed by atoms with E-state index in [1.807, 2.05) is 24.3 Å². The van der Waals surface area contributed by atoms with Crippen molar-refractivity contribution < 1.29 is 0 Å². The van der Waals surface area contributed by atoms with Crippen molar-refractivity contribution in [1.29, 1.82) is 5.26 Å². The van der Waals surface area contributed by atoms with E-state index in [1.54, 1.807) is 0 Å². The van der Waals surface area contributed by atoms with Crippen molar-refractivity contribution in [2.75, 3.05) is 37.6 Å². The number of hydrogen-bond donors (Lipinski definition) is 1. The average Bonchev–Trinajstić information content (AvgIpc) is 2.38. The van der Waals surface area contributed by atoms with Crippen molar-refractivity contribution in [2.24, 2.45) is 0 Å². The van der Waals surface area contributed by atoms with Crippen LogP contribution in [0.1, 0.15) is 19.4 Å². The lowest BCUT2D eigenvalue weighted by Crippen LogP contribution is -2.49. The molecule has 0 atom stereocenters. The van der Waals surface area contributed by atoms with E-state index in [-0.39, 0.29) is 4.75 Å². The highest BCUT2D eigenvalue weighted by Gasteiger charge is 2.22. The maximum Gasteiger partial charge on any atom is 0.0991 e. The highest BCUT2D eigenvalue weighted by atomic mass is 32.1. The molecule has 1 aliphatic heterocycles. The van der Waals surface area contributed by atoms with E-state index in [4.69, 9.17) is 5.26 Å². The number of anilines is 1. The fraction of sp³-hybridized carbons (Fsp3) is 0.533. The summed E-state index contributed by atoms with van der Waals surface area (Å²) in [6.07, 6.45) is 0. The first-order chi connectivity index (χ1) is 8.98. The molecule has 1 fully saturated rings. The van der Waals surface area contributed by atoms with Crippen molar-refractivity contribution in [2.45, 2.75) is 18.6 Å². The molecule has 2 rings (SSSR count). The van der Waals surface area contributed by atoms with Gasteiger partial charge in [0.15, 0.2) is 0 Å². The smallest absolute Gasteiger partial charge is 0.0991 e. The largest absolute Gasteiger partial charge is 0.369 e. The lowest BCUT2D eigenvalue weighted by atomic mass is 10.1. The Hall–Kier alpha value is -1.18. The minimum Gasteiger partial charge on any atom is -0.369 e. The first kappa shape index (κ1) is 14.2. The summed E-state index contributed by atoms with van der Waals surface area (Å²) in [7, 11) is 0. The molecule has 0 aromatic heterocycles. The highest BCUT2D eigenvalue weighted by molar-refractivity contribution is 7.81. The molecule has 0 saturated carbocycles. The van der Waals surface area contributed by atoms with Crippen LogP contribution in [-0.4, -0.2) is 42.4 Å². The van der Waals surface area contributed by atoms with Gasteiger partial charge in [0.2, 0.25) is 0 Å². The Morgan fingerprint density at radius 2 is 1.74 bits per heavy atom. The third-order valence-corrected chi connectivity index (χ3v) is 3.49. The molecule has 0 radical (unpaired) electrons. The quantitative estimate of drug-likeness (QED) is 0.859. The van der Waals surface area contributed by atoms with Gasteiger partial charge in [-0.05, 0) is 38.1 Å². The summed E-state index contributed by atoms with van der Waals surface area (Å²) in [5.74, 6) is 0. The maximum atomic E-state index is 8.80. The molecule has 19 heavy (non-hydrogen) atoms. The summed E-state index contributed by atoms with van der Waals surface area (Å²) >= 11 is 4.59. The normalized spacial score (nSPS) is 17.3. The summed E-state index contributed by atoms with van der Waals surface area (Å²) in [6, 6.07) is 10.0. The topological polar surface area (TPSA) is 30.3 Å². The van der Waals surface area contributed by atoms with Crippen LogP contribution in [0.15, 0.2) is 24.3 Å². The Kier molecular flexibility index (Phi) is 4.38. The van der Waals surface area contributed by atoms with Crippen molar-refractivity contribution in [3.8, 4) is 6.07 Å². The Labute approximate surface area is 121 Å². The van der Waals surface area contributed by atoms with Gasteiger partial charge in [-0.2, -0.15) is 17.9 Å². The molecule has 0 spiro atoms. The van der Waals surface area contributed by atoms with Crippen molar-refractivity contribution >= 4 is 18.3 Å². The molecule has 1 saturated heterocycles. The van der Waals surface area contributed by atoms with Crippen molar-refractivity contribution in [3.05, 3.63) is 29.8 Å². The first-order valence-electron chi connectivity index (χ1n) is 6.68. The predicted octanol–water partition coefficient (Wildman–Crippen LogP) is 2.39. The molecule has 0 amide bonds. The number of benzene rings is 1. The number of thiol groups is 1. The van der Waals surface area contributed by atoms with Gasteiger partial charge in [0.05, 0.1) is 11.6 Å². The number of piperazine rings is 1. The summed E-state index contributed by atoms with van der Waals surface area (Å²) in [5.41, 5.74) is 1.93. The molecule has 3 nitrogen and oxygen atoms in total. The summed E-state index contributed by atoms with van der Waals surface area (Å²) in [4.78, 5) is 4.84. The van der Waals surface area contributed by atoms with Gasteiger partial charge in [-0.25, -0.2) is 0 Å². The van der Waals surface area contributed by atoms with Crippen LogP contribution in [-0.2, 0) is 0 Å². The molecule has 1 aromatic carbocycles. The van der Waals surface area contributed by atoms with Crippen LogP contribution in [0.5, 0.6) is 0 Å². The molecule has 0 N–H and O–H groups in total. The van der Waals surface area contributed by atoms with Crippen LogP contribution < -0.4 is 4.90 Å². The molecule has 1 aliphatic rings. The molecule has 4 heteroatoms. The molecule has 102 valence electrons. The molecule has 0 bridgehead atoms. The van der Waals surface area contributed by atoms with Gasteiger partial charge in [0.1, 0.15) is 0 Å². The summed E-state index contributed by atoms with van der Waals surface area (Å²) in [5, 5.41) is 8.80. The van der Waals surface area contributed by atoms with Gasteiger partial charge in [-0.3, -0.25) is 4.90 Å². The SMILES string of the molecule is CC(C)(S)CN1CCN(c2ccc(C#N)cc2)CC1. The zero-order chi connectivity index (χ0) is 13.9. The Morgan fingerprint density at radius 3 is 2.21 bits per heavy atom. The second-order valence-corrected chi connectivity index (χ2v) is 6.94. The Bertz CT molecular complexity index is 448. The highest BCUT2D eigenvalue weighted by Crippen LogP contribution is 2.19. The second kappa shape index (κ2) is 5.85. The number of hydrogen-bond acceptors (Lipinski definition) is 4. The molecular weight excluding hydrogens is 254 g/mol. The number of rotatable bonds is 3. The third kappa shape index (κ3) is 4.15. The molecule has 1 aromatic rings. The fourth-order valence-electron chi connectivity index (χ4n) is 2.46. The third-order valence-electron chi connectivity index (χ3n) is 3.34. The van der Waals surface area contributed by atoms with E-state index in [0.717, 1.165) is 38.3 Å². The van der Waals surface area contributed by atoms with E-state index in [1.165, 1.54) is 5.69 Å². The van der Waals surface area contributed by atoms with E-state index in [2.05, 4.69) is 42.3 Å². The maximum absolute atomic E-state index is 8.80. The van der Waals surface area contributed by atoms with Crippen LogP contribution >= 0.6 is 12.6 Å². The van der Waals surface area contributed by atoms with Crippen molar-refractivity contribution in [3.63, 3.8) is 0 Å². The van der Waals surface area contributed by atoms with Crippen molar-refractivity contribution in [1.82, 2.24) is 4.90 Å². The van der Waals surface area contributed by atoms with Gasteiger partial charge in [-0.15, -0.1) is 0 Å². The van der Waals surface area contributed by atoms with E-state index < -0.39 is 0 Å². The van der Waals surface area contributed by atoms with E-state index in [9.17, 15) is 0 Å². The lowest BCUT2D eigenvalue weighted by molar-refractivity contribution is 0.242. The lowest BCUT2D eigenvalue weighted by Gasteiger charge is -2.38. The van der Waals surface area contributed by atoms with Crippen LogP contribution in [0.2, 0.25) is 0 Å². The molecular formula is C15H21N3S. The van der Waals surface area contributed by atoms with Gasteiger partial charge >= 0.3 is 0 Å². The van der Waals surface area contributed by atoms with Crippen LogP contribution in [0.4, 0.5) is 5.69 Å². The van der Waals surface area contributed by atoms with Gasteiger partial charge in [0, 0.05) is 43.2 Å². The van der Waals surface area contributed by atoms with Crippen LogP contribution in [0.25, 0.3) is 0 Å². The minimum absolute atomic E-state index is 0.0661. The minimum atomic E-state index is 0.0661. The summed E-state index contributed by atoms with van der Waals surface area (Å²) in [6.45, 7) is 9.56. The molecule has 0 unspecified atom stereocenters. The van der Waals surface area contributed by atoms with Crippen LogP contribution in [0, 0.1) is 11.3 Å². The predicted molar refractivity (Wildman–Crippen MR) is 82.9 cm³/mol. The fourth-order valence-corrected chi connectivity index (χ4v) is 2.66. The number of nitrogens with zero attached hydrogens (tertiary/aromatic N) is 3. The Morgan fingerprint density at radius 1 is 1.16 bits per heavy atom. The number of nitriles is 1. The average molecular weight is 275 g/mol. The van der Waals surface area contributed by atoms with Gasteiger partial charge < -0.3 is 4.90 Å². The zero-order valence-electron chi connectivity index (χ0n) is 11.6. The summed E-state index contributed by atoms with van der Waals surface area (Å²) < 4.78 is 0.0661. The first-order valence-corrected chi connectivity index (χ1v) is 7.12. The van der Waals surface area contributed by atoms with E-state index in [0.29, 0.717) is 0 Å².